The van der Waals surface area contributed by atoms with Crippen LogP contribution < -0.4 is 5.73 Å². The third kappa shape index (κ3) is 4.47. The average Bonchev–Trinajstić information content (AvgIpc) is 2.83. The number of likely N-dealkylation sites (tertiary alicyclic amines) is 1. The number of hydrogen-bond acceptors (Lipinski definition) is 3. The summed E-state index contributed by atoms with van der Waals surface area (Å²) in [5.41, 5.74) is 6.90. The molecule has 1 saturated heterocycles. The van der Waals surface area contributed by atoms with Crippen molar-refractivity contribution in [1.82, 2.24) is 4.90 Å². The topological polar surface area (TPSA) is 55.6 Å². The van der Waals surface area contributed by atoms with Crippen molar-refractivity contribution in [2.45, 2.75) is 20.0 Å². The quantitative estimate of drug-likeness (QED) is 0.902. The fourth-order valence-electron chi connectivity index (χ4n) is 2.32. The van der Waals surface area contributed by atoms with E-state index in [-0.39, 0.29) is 30.3 Å². The maximum atomic E-state index is 12.0. The molecule has 0 aromatic heterocycles. The molecule has 1 heterocycles. The van der Waals surface area contributed by atoms with E-state index in [1.165, 1.54) is 0 Å². The van der Waals surface area contributed by atoms with Crippen molar-refractivity contribution in [3.05, 3.63) is 35.9 Å². The molecule has 5 heteroatoms. The molecule has 2 rings (SSSR count). The van der Waals surface area contributed by atoms with Crippen LogP contribution in [0.25, 0.3) is 0 Å². The zero-order valence-corrected chi connectivity index (χ0v) is 12.7. The van der Waals surface area contributed by atoms with Gasteiger partial charge in [-0.1, -0.05) is 37.3 Å². The number of nitrogens with zero attached hydrogens (tertiary/aromatic N) is 1. The number of halogens is 1. The molecule has 112 valence electrons. The first-order valence-corrected chi connectivity index (χ1v) is 6.72. The summed E-state index contributed by atoms with van der Waals surface area (Å²) in [4.78, 5) is 13.9. The summed E-state index contributed by atoms with van der Waals surface area (Å²) < 4.78 is 5.47. The van der Waals surface area contributed by atoms with E-state index in [0.717, 1.165) is 25.1 Å². The number of carbonyl (C=O) groups is 1. The summed E-state index contributed by atoms with van der Waals surface area (Å²) in [5.74, 6) is 0.0631. The van der Waals surface area contributed by atoms with E-state index in [4.69, 9.17) is 10.5 Å². The highest BCUT2D eigenvalue weighted by Gasteiger charge is 2.34. The van der Waals surface area contributed by atoms with Crippen LogP contribution in [0.4, 0.5) is 0 Å². The van der Waals surface area contributed by atoms with Crippen molar-refractivity contribution in [3.8, 4) is 0 Å². The Balaban J connectivity index is 0.00000200. The van der Waals surface area contributed by atoms with Crippen molar-refractivity contribution in [2.75, 3.05) is 26.2 Å². The Morgan fingerprint density at radius 1 is 1.40 bits per heavy atom. The molecule has 2 N–H and O–H groups in total. The van der Waals surface area contributed by atoms with Gasteiger partial charge in [-0.05, 0) is 23.9 Å². The fraction of sp³-hybridized carbons (Fsp3) is 0.533. The van der Waals surface area contributed by atoms with E-state index < -0.39 is 0 Å². The predicted molar refractivity (Wildman–Crippen MR) is 81.7 cm³/mol. The number of benzene rings is 1. The molecule has 1 aromatic rings. The summed E-state index contributed by atoms with van der Waals surface area (Å²) in [6, 6.07) is 9.88. The molecule has 1 aliphatic rings. The molecule has 1 aromatic carbocycles. The highest BCUT2D eigenvalue weighted by atomic mass is 35.5. The van der Waals surface area contributed by atoms with Gasteiger partial charge in [0.1, 0.15) is 6.61 Å². The van der Waals surface area contributed by atoms with Crippen molar-refractivity contribution < 1.29 is 9.53 Å². The van der Waals surface area contributed by atoms with Crippen molar-refractivity contribution in [2.24, 2.45) is 11.1 Å². The Morgan fingerprint density at radius 3 is 2.70 bits per heavy atom. The molecule has 1 atom stereocenters. The van der Waals surface area contributed by atoms with Crippen LogP contribution in [0.3, 0.4) is 0 Å². The molecule has 4 nitrogen and oxygen atoms in total. The van der Waals surface area contributed by atoms with Crippen LogP contribution in [0, 0.1) is 5.41 Å². The van der Waals surface area contributed by atoms with Crippen LogP contribution in [0.5, 0.6) is 0 Å². The second kappa shape index (κ2) is 7.62. The second-order valence-corrected chi connectivity index (χ2v) is 5.56. The Hall–Kier alpha value is -1.10. The Bertz CT molecular complexity index is 427. The molecular weight excluding hydrogens is 276 g/mol. The molecule has 20 heavy (non-hydrogen) atoms. The number of carbonyl (C=O) groups excluding carboxylic acids is 1. The van der Waals surface area contributed by atoms with Gasteiger partial charge >= 0.3 is 0 Å². The van der Waals surface area contributed by atoms with Crippen molar-refractivity contribution in [3.63, 3.8) is 0 Å². The maximum absolute atomic E-state index is 12.0. The smallest absolute Gasteiger partial charge is 0.248 e. The summed E-state index contributed by atoms with van der Waals surface area (Å²) in [7, 11) is 0. The number of nitrogens with two attached hydrogens (primary N) is 1. The van der Waals surface area contributed by atoms with Gasteiger partial charge in [-0.15, -0.1) is 12.4 Å². The molecule has 0 radical (unpaired) electrons. The SMILES string of the molecule is CC1(CN)CCN(C(=O)COCc2ccccc2)C1.Cl. The first-order chi connectivity index (χ1) is 9.13. The van der Waals surface area contributed by atoms with Gasteiger partial charge in [0.15, 0.2) is 0 Å². The van der Waals surface area contributed by atoms with E-state index in [2.05, 4.69) is 6.92 Å². The van der Waals surface area contributed by atoms with Crippen LogP contribution in [0.2, 0.25) is 0 Å². The van der Waals surface area contributed by atoms with Crippen LogP contribution in [-0.2, 0) is 16.1 Å². The third-order valence-corrected chi connectivity index (χ3v) is 3.74. The van der Waals surface area contributed by atoms with Crippen LogP contribution >= 0.6 is 12.4 Å². The van der Waals surface area contributed by atoms with Gasteiger partial charge < -0.3 is 15.4 Å². The lowest BCUT2D eigenvalue weighted by Gasteiger charge is -2.22. The van der Waals surface area contributed by atoms with Gasteiger partial charge in [-0.2, -0.15) is 0 Å². The first-order valence-electron chi connectivity index (χ1n) is 6.72. The third-order valence-electron chi connectivity index (χ3n) is 3.74. The number of ether oxygens (including phenoxy) is 1. The standard InChI is InChI=1S/C15H22N2O2.ClH/c1-15(11-16)7-8-17(12-15)14(18)10-19-9-13-5-3-2-4-6-13;/h2-6H,7-12,16H2,1H3;1H. The lowest BCUT2D eigenvalue weighted by atomic mass is 9.90. The van der Waals surface area contributed by atoms with Crippen molar-refractivity contribution >= 4 is 18.3 Å². The minimum absolute atomic E-state index is 0. The number of rotatable bonds is 5. The Morgan fingerprint density at radius 2 is 2.10 bits per heavy atom. The van der Waals surface area contributed by atoms with Gasteiger partial charge in [-0.25, -0.2) is 0 Å². The summed E-state index contributed by atoms with van der Waals surface area (Å²) in [6.45, 7) is 4.93. The summed E-state index contributed by atoms with van der Waals surface area (Å²) in [6.07, 6.45) is 0.980. The highest BCUT2D eigenvalue weighted by molar-refractivity contribution is 5.85. The lowest BCUT2D eigenvalue weighted by molar-refractivity contribution is -0.135. The molecule has 1 unspecified atom stereocenters. The van der Waals surface area contributed by atoms with E-state index in [1.807, 2.05) is 35.2 Å². The first kappa shape index (κ1) is 17.0. The van der Waals surface area contributed by atoms with Gasteiger partial charge in [0.2, 0.25) is 5.91 Å². The molecule has 1 aliphatic heterocycles. The van der Waals surface area contributed by atoms with E-state index in [9.17, 15) is 4.79 Å². The molecule has 0 aliphatic carbocycles. The average molecular weight is 299 g/mol. The molecular formula is C15H23ClN2O2. The van der Waals surface area contributed by atoms with E-state index in [0.29, 0.717) is 13.2 Å². The second-order valence-electron chi connectivity index (χ2n) is 5.56. The zero-order valence-electron chi connectivity index (χ0n) is 11.9. The van der Waals surface area contributed by atoms with Crippen molar-refractivity contribution in [1.29, 1.82) is 0 Å². The normalized spacial score (nSPS) is 21.6. The highest BCUT2D eigenvalue weighted by Crippen LogP contribution is 2.28. The predicted octanol–water partition coefficient (Wildman–Crippen LogP) is 1.82. The zero-order chi connectivity index (χ0) is 13.7. The van der Waals surface area contributed by atoms with Crippen LogP contribution in [-0.4, -0.2) is 37.0 Å². The molecule has 1 fully saturated rings. The fourth-order valence-corrected chi connectivity index (χ4v) is 2.32. The monoisotopic (exact) mass is 298 g/mol. The number of amides is 1. The van der Waals surface area contributed by atoms with Gasteiger partial charge in [-0.3, -0.25) is 4.79 Å². The van der Waals surface area contributed by atoms with E-state index in [1.54, 1.807) is 0 Å². The van der Waals surface area contributed by atoms with Crippen LogP contribution in [0.15, 0.2) is 30.3 Å². The van der Waals surface area contributed by atoms with E-state index >= 15 is 0 Å². The number of hydrogen-bond donors (Lipinski definition) is 1. The summed E-state index contributed by atoms with van der Waals surface area (Å²) in [5, 5.41) is 0. The minimum atomic E-state index is 0. The largest absolute Gasteiger partial charge is 0.367 e. The Labute approximate surface area is 126 Å². The van der Waals surface area contributed by atoms with Gasteiger partial charge in [0, 0.05) is 13.1 Å². The van der Waals surface area contributed by atoms with Gasteiger partial charge in [0.25, 0.3) is 0 Å². The van der Waals surface area contributed by atoms with Crippen LogP contribution in [0.1, 0.15) is 18.9 Å². The molecule has 1 amide bonds. The molecule has 0 bridgehead atoms. The minimum Gasteiger partial charge on any atom is -0.367 e. The molecule has 0 spiro atoms. The maximum Gasteiger partial charge on any atom is 0.248 e. The summed E-state index contributed by atoms with van der Waals surface area (Å²) >= 11 is 0. The molecule has 0 saturated carbocycles. The van der Waals surface area contributed by atoms with Gasteiger partial charge in [0.05, 0.1) is 6.61 Å². The Kier molecular flexibility index (Phi) is 6.46. The lowest BCUT2D eigenvalue weighted by Crippen LogP contribution is -2.36.